The Balaban J connectivity index is 1.63. The van der Waals surface area contributed by atoms with Crippen LogP contribution in [0, 0.1) is 0 Å². The Bertz CT molecular complexity index is 849. The second-order valence-corrected chi connectivity index (χ2v) is 10.6. The second-order valence-electron chi connectivity index (χ2n) is 8.18. The van der Waals surface area contributed by atoms with Gasteiger partial charge in [-0.15, -0.1) is 0 Å². The molecule has 1 unspecified atom stereocenters. The van der Waals surface area contributed by atoms with Gasteiger partial charge in [0.1, 0.15) is 17.1 Å². The molecule has 170 valence electrons. The second kappa shape index (κ2) is 11.8. The summed E-state index contributed by atoms with van der Waals surface area (Å²) >= 11 is 0. The fourth-order valence-electron chi connectivity index (χ4n) is 2.63. The Labute approximate surface area is 184 Å². The van der Waals surface area contributed by atoms with Crippen molar-refractivity contribution in [1.82, 2.24) is 5.32 Å². The van der Waals surface area contributed by atoms with Crippen LogP contribution in [0.3, 0.4) is 0 Å². The highest BCUT2D eigenvalue weighted by molar-refractivity contribution is 7.57. The summed E-state index contributed by atoms with van der Waals surface area (Å²) in [4.78, 5) is 21.7. The third-order valence-electron chi connectivity index (χ3n) is 4.10. The normalized spacial score (nSPS) is 13.2. The van der Waals surface area contributed by atoms with Crippen molar-refractivity contribution in [1.29, 1.82) is 0 Å². The molecule has 0 heterocycles. The molecule has 8 heteroatoms. The van der Waals surface area contributed by atoms with E-state index in [0.29, 0.717) is 37.5 Å². The number of carbonyl (C=O) groups is 1. The molecule has 7 nitrogen and oxygen atoms in total. The van der Waals surface area contributed by atoms with Gasteiger partial charge in [-0.25, -0.2) is 4.79 Å². The molecule has 1 amide bonds. The SMILES string of the molecule is CC(C)(C)OC(=O)NCCc1ccc(OCCCP(=O)(O)COc2ccccc2)cc1. The van der Waals surface area contributed by atoms with Crippen LogP contribution >= 0.6 is 7.37 Å². The van der Waals surface area contributed by atoms with Crippen LogP contribution in [0.25, 0.3) is 0 Å². The minimum absolute atomic E-state index is 0.133. The lowest BCUT2D eigenvalue weighted by Gasteiger charge is -2.19. The number of ether oxygens (including phenoxy) is 3. The van der Waals surface area contributed by atoms with Crippen molar-refractivity contribution in [3.05, 3.63) is 60.2 Å². The van der Waals surface area contributed by atoms with Gasteiger partial charge in [-0.3, -0.25) is 4.57 Å². The molecule has 0 bridgehead atoms. The van der Waals surface area contributed by atoms with Crippen molar-refractivity contribution in [3.63, 3.8) is 0 Å². The summed E-state index contributed by atoms with van der Waals surface area (Å²) in [7, 11) is -3.37. The number of nitrogens with one attached hydrogen (secondary N) is 1. The number of hydrogen-bond donors (Lipinski definition) is 2. The highest BCUT2D eigenvalue weighted by atomic mass is 31.2. The maximum Gasteiger partial charge on any atom is 0.407 e. The maximum atomic E-state index is 12.2. The standard InChI is InChI=1S/C23H32NO6P/c1-23(2,3)30-22(25)24-15-14-19-10-12-21(13-11-19)28-16-7-17-31(26,27)18-29-20-8-5-4-6-9-20/h4-6,8-13H,7,14-18H2,1-3H3,(H,24,25)(H,26,27). The van der Waals surface area contributed by atoms with Gasteiger partial charge in [0.2, 0.25) is 7.37 Å². The van der Waals surface area contributed by atoms with Crippen LogP contribution in [0.4, 0.5) is 4.79 Å². The van der Waals surface area contributed by atoms with Crippen molar-refractivity contribution in [2.45, 2.75) is 39.2 Å². The third-order valence-corrected chi connectivity index (χ3v) is 5.65. The van der Waals surface area contributed by atoms with Gasteiger partial charge in [0, 0.05) is 12.7 Å². The Morgan fingerprint density at radius 2 is 1.65 bits per heavy atom. The fraction of sp³-hybridized carbons (Fsp3) is 0.435. The molecule has 0 aliphatic heterocycles. The fourth-order valence-corrected chi connectivity index (χ4v) is 3.74. The minimum Gasteiger partial charge on any atom is -0.494 e. The predicted molar refractivity (Wildman–Crippen MR) is 121 cm³/mol. The van der Waals surface area contributed by atoms with Gasteiger partial charge >= 0.3 is 6.09 Å². The molecule has 0 saturated carbocycles. The molecule has 31 heavy (non-hydrogen) atoms. The lowest BCUT2D eigenvalue weighted by Crippen LogP contribution is -2.33. The summed E-state index contributed by atoms with van der Waals surface area (Å²) in [5.74, 6) is 1.27. The smallest absolute Gasteiger partial charge is 0.407 e. The molecular formula is C23H32NO6P. The van der Waals surface area contributed by atoms with Gasteiger partial charge in [-0.05, 0) is 63.4 Å². The highest BCUT2D eigenvalue weighted by Gasteiger charge is 2.19. The summed E-state index contributed by atoms with van der Waals surface area (Å²) in [6.45, 7) is 6.29. The first kappa shape index (κ1) is 24.8. The van der Waals surface area contributed by atoms with Crippen LogP contribution in [0.15, 0.2) is 54.6 Å². The zero-order valence-corrected chi connectivity index (χ0v) is 19.3. The quantitative estimate of drug-likeness (QED) is 0.377. The van der Waals surface area contributed by atoms with Gasteiger partial charge in [-0.2, -0.15) is 0 Å². The molecule has 0 aromatic heterocycles. The largest absolute Gasteiger partial charge is 0.494 e. The first-order valence-corrected chi connectivity index (χ1v) is 12.3. The van der Waals surface area contributed by atoms with Crippen LogP contribution in [0.5, 0.6) is 11.5 Å². The van der Waals surface area contributed by atoms with Gasteiger partial charge in [-0.1, -0.05) is 30.3 Å². The number of carbonyl (C=O) groups excluding carboxylic acids is 1. The molecule has 0 saturated heterocycles. The van der Waals surface area contributed by atoms with E-state index in [2.05, 4.69) is 5.32 Å². The van der Waals surface area contributed by atoms with E-state index in [1.807, 2.05) is 63.2 Å². The van der Waals surface area contributed by atoms with E-state index >= 15 is 0 Å². The molecule has 1 atom stereocenters. The van der Waals surface area contributed by atoms with Crippen molar-refractivity contribution < 1.29 is 28.5 Å². The molecule has 2 aromatic carbocycles. The number of rotatable bonds is 11. The summed E-state index contributed by atoms with van der Waals surface area (Å²) < 4.78 is 28.4. The van der Waals surface area contributed by atoms with Gasteiger partial charge in [0.05, 0.1) is 6.61 Å². The highest BCUT2D eigenvalue weighted by Crippen LogP contribution is 2.41. The van der Waals surface area contributed by atoms with E-state index in [-0.39, 0.29) is 12.5 Å². The van der Waals surface area contributed by atoms with Crippen molar-refractivity contribution in [3.8, 4) is 11.5 Å². The number of hydrogen-bond acceptors (Lipinski definition) is 5. The van der Waals surface area contributed by atoms with Gasteiger partial charge in [0.15, 0.2) is 6.35 Å². The Morgan fingerprint density at radius 1 is 1.00 bits per heavy atom. The van der Waals surface area contributed by atoms with Gasteiger partial charge < -0.3 is 24.4 Å². The molecule has 0 aliphatic rings. The minimum atomic E-state index is -3.37. The van der Waals surface area contributed by atoms with Crippen molar-refractivity contribution in [2.75, 3.05) is 25.7 Å². The van der Waals surface area contributed by atoms with Crippen LogP contribution < -0.4 is 14.8 Å². The lowest BCUT2D eigenvalue weighted by atomic mass is 10.1. The first-order chi connectivity index (χ1) is 14.6. The van der Waals surface area contributed by atoms with E-state index in [9.17, 15) is 14.3 Å². The Hall–Kier alpha value is -2.50. The molecule has 0 aliphatic carbocycles. The molecule has 0 spiro atoms. The van der Waals surface area contributed by atoms with Crippen molar-refractivity contribution >= 4 is 13.5 Å². The number of amides is 1. The average Bonchev–Trinajstić information content (AvgIpc) is 2.70. The summed E-state index contributed by atoms with van der Waals surface area (Å²) in [5, 5.41) is 2.73. The van der Waals surface area contributed by atoms with E-state index in [4.69, 9.17) is 14.2 Å². The third kappa shape index (κ3) is 10.9. The zero-order valence-electron chi connectivity index (χ0n) is 18.4. The molecule has 2 rings (SSSR count). The molecule has 0 fully saturated rings. The number of benzene rings is 2. The lowest BCUT2D eigenvalue weighted by molar-refractivity contribution is 0.0528. The van der Waals surface area contributed by atoms with Crippen LogP contribution in [0.1, 0.15) is 32.8 Å². The van der Waals surface area contributed by atoms with E-state index in [1.54, 1.807) is 12.1 Å². The van der Waals surface area contributed by atoms with Crippen LogP contribution in [-0.4, -0.2) is 42.2 Å². The predicted octanol–water partition coefficient (Wildman–Crippen LogP) is 4.83. The van der Waals surface area contributed by atoms with E-state index in [1.165, 1.54) is 0 Å². The van der Waals surface area contributed by atoms with E-state index < -0.39 is 19.1 Å². The maximum absolute atomic E-state index is 12.2. The van der Waals surface area contributed by atoms with Crippen LogP contribution in [0.2, 0.25) is 0 Å². The first-order valence-electron chi connectivity index (χ1n) is 10.3. The number of alkyl carbamates (subject to hydrolysis) is 1. The average molecular weight is 449 g/mol. The van der Waals surface area contributed by atoms with Crippen LogP contribution in [-0.2, 0) is 15.7 Å². The molecule has 0 radical (unpaired) electrons. The summed E-state index contributed by atoms with van der Waals surface area (Å²) in [6.07, 6.45) is 0.627. The monoisotopic (exact) mass is 449 g/mol. The van der Waals surface area contributed by atoms with Gasteiger partial charge in [0.25, 0.3) is 0 Å². The van der Waals surface area contributed by atoms with E-state index in [0.717, 1.165) is 5.56 Å². The number of para-hydroxylation sites is 1. The molecule has 2 N–H and O–H groups in total. The molecular weight excluding hydrogens is 417 g/mol. The molecule has 2 aromatic rings. The van der Waals surface area contributed by atoms with Crippen molar-refractivity contribution in [2.24, 2.45) is 0 Å². The Kier molecular flexibility index (Phi) is 9.41. The zero-order chi connectivity index (χ0) is 22.7. The summed E-state index contributed by atoms with van der Waals surface area (Å²) in [6, 6.07) is 16.5. The summed E-state index contributed by atoms with van der Waals surface area (Å²) in [5.41, 5.74) is 0.545. The topological polar surface area (TPSA) is 94.1 Å². The Morgan fingerprint density at radius 3 is 2.29 bits per heavy atom.